The summed E-state index contributed by atoms with van der Waals surface area (Å²) in [4.78, 5) is 12.4. The summed E-state index contributed by atoms with van der Waals surface area (Å²) in [6.45, 7) is 5.81. The molecule has 1 fully saturated rings. The summed E-state index contributed by atoms with van der Waals surface area (Å²) in [5.41, 5.74) is 0. The molecule has 1 rings (SSSR count). The molecule has 9 heteroatoms. The van der Waals surface area contributed by atoms with E-state index >= 15 is 0 Å². The van der Waals surface area contributed by atoms with Crippen LogP contribution >= 0.6 is 0 Å². The van der Waals surface area contributed by atoms with Crippen LogP contribution in [-0.4, -0.2) is 106 Å². The van der Waals surface area contributed by atoms with Gasteiger partial charge in [0, 0.05) is 14.2 Å². The van der Waals surface area contributed by atoms with Crippen LogP contribution in [0.2, 0.25) is 0 Å². The first-order valence-corrected chi connectivity index (χ1v) is 10.9. The Kier molecular flexibility index (Phi) is 18.3. The molecule has 9 nitrogen and oxygen atoms in total. The zero-order valence-corrected chi connectivity index (χ0v) is 18.6. The molecule has 0 aromatic carbocycles. The van der Waals surface area contributed by atoms with Crippen molar-refractivity contribution >= 4 is 5.97 Å². The molecule has 2 unspecified atom stereocenters. The minimum Gasteiger partial charge on any atom is -0.463 e. The maximum Gasteiger partial charge on any atom is 0.311 e. The quantitative estimate of drug-likeness (QED) is 0.208. The van der Waals surface area contributed by atoms with Crippen LogP contribution in [-0.2, 0) is 42.7 Å². The van der Waals surface area contributed by atoms with Crippen molar-refractivity contribution < 1.29 is 42.7 Å². The molecule has 178 valence electrons. The first-order valence-electron chi connectivity index (χ1n) is 10.9. The van der Waals surface area contributed by atoms with Crippen molar-refractivity contribution in [2.45, 2.75) is 31.8 Å². The SMILES string of the molecule is COCCOCCOCCOC(=O)C1CCCCC1OCCOCCOCCOC. The fraction of sp³-hybridized carbons (Fsp3) is 0.952. The van der Waals surface area contributed by atoms with E-state index in [9.17, 15) is 4.79 Å². The van der Waals surface area contributed by atoms with Crippen LogP contribution in [0.1, 0.15) is 25.7 Å². The zero-order chi connectivity index (χ0) is 21.7. The minimum atomic E-state index is -0.214. The molecule has 0 aromatic rings. The maximum absolute atomic E-state index is 12.4. The highest BCUT2D eigenvalue weighted by Gasteiger charge is 2.32. The van der Waals surface area contributed by atoms with E-state index in [1.165, 1.54) is 0 Å². The molecule has 0 spiro atoms. The monoisotopic (exact) mass is 436 g/mol. The van der Waals surface area contributed by atoms with Crippen LogP contribution in [0.15, 0.2) is 0 Å². The second-order valence-electron chi connectivity index (χ2n) is 6.90. The lowest BCUT2D eigenvalue weighted by atomic mass is 9.86. The Morgan fingerprint density at radius 3 is 1.67 bits per heavy atom. The molecule has 0 aliphatic heterocycles. The normalized spacial score (nSPS) is 19.1. The first kappa shape index (κ1) is 27.2. The predicted octanol–water partition coefficient (Wildman–Crippen LogP) is 1.46. The van der Waals surface area contributed by atoms with Gasteiger partial charge in [-0.25, -0.2) is 0 Å². The van der Waals surface area contributed by atoms with E-state index in [1.807, 2.05) is 0 Å². The average Bonchev–Trinajstić information content (AvgIpc) is 2.77. The van der Waals surface area contributed by atoms with Crippen LogP contribution in [0.4, 0.5) is 0 Å². The van der Waals surface area contributed by atoms with Crippen molar-refractivity contribution in [2.24, 2.45) is 5.92 Å². The number of methoxy groups -OCH3 is 2. The molecule has 1 aliphatic carbocycles. The Hall–Kier alpha value is -0.810. The largest absolute Gasteiger partial charge is 0.463 e. The fourth-order valence-corrected chi connectivity index (χ4v) is 3.06. The summed E-state index contributed by atoms with van der Waals surface area (Å²) in [7, 11) is 3.27. The second-order valence-corrected chi connectivity index (χ2v) is 6.90. The number of carbonyl (C=O) groups excluding carboxylic acids is 1. The molecule has 30 heavy (non-hydrogen) atoms. The van der Waals surface area contributed by atoms with Gasteiger partial charge in [0.15, 0.2) is 0 Å². The molecule has 0 amide bonds. The van der Waals surface area contributed by atoms with Gasteiger partial charge in [0.05, 0.1) is 84.7 Å². The van der Waals surface area contributed by atoms with Crippen molar-refractivity contribution in [3.05, 3.63) is 0 Å². The predicted molar refractivity (Wildman–Crippen MR) is 110 cm³/mol. The summed E-state index contributed by atoms with van der Waals surface area (Å²) >= 11 is 0. The Labute approximate surface area is 180 Å². The van der Waals surface area contributed by atoms with Crippen molar-refractivity contribution in [3.63, 3.8) is 0 Å². The number of hydrogen-bond donors (Lipinski definition) is 0. The highest BCUT2D eigenvalue weighted by atomic mass is 16.6. The van der Waals surface area contributed by atoms with Gasteiger partial charge in [-0.1, -0.05) is 12.8 Å². The van der Waals surface area contributed by atoms with E-state index in [1.54, 1.807) is 14.2 Å². The molecular weight excluding hydrogens is 396 g/mol. The molecule has 1 saturated carbocycles. The molecule has 0 aromatic heterocycles. The van der Waals surface area contributed by atoms with Gasteiger partial charge in [-0.05, 0) is 12.8 Å². The number of rotatable bonds is 20. The molecule has 0 bridgehead atoms. The minimum absolute atomic E-state index is 0.108. The Morgan fingerprint density at radius 2 is 1.10 bits per heavy atom. The first-order chi connectivity index (χ1) is 14.8. The van der Waals surface area contributed by atoms with E-state index in [0.29, 0.717) is 72.7 Å². The Morgan fingerprint density at radius 1 is 0.633 bits per heavy atom. The van der Waals surface area contributed by atoms with E-state index in [2.05, 4.69) is 0 Å². The van der Waals surface area contributed by atoms with Gasteiger partial charge in [0.25, 0.3) is 0 Å². The number of hydrogen-bond acceptors (Lipinski definition) is 9. The van der Waals surface area contributed by atoms with Crippen LogP contribution in [0.5, 0.6) is 0 Å². The van der Waals surface area contributed by atoms with E-state index in [4.69, 9.17) is 37.9 Å². The van der Waals surface area contributed by atoms with Crippen molar-refractivity contribution in [1.29, 1.82) is 0 Å². The summed E-state index contributed by atoms with van der Waals surface area (Å²) in [5, 5.41) is 0. The standard InChI is InChI=1S/C21H40O9/c1-23-7-9-25-11-13-27-15-17-29-20-6-4-3-5-19(20)21(22)30-18-16-28-14-12-26-10-8-24-2/h19-20H,3-18H2,1-2H3. The van der Waals surface area contributed by atoms with Gasteiger partial charge >= 0.3 is 5.97 Å². The third-order valence-corrected chi connectivity index (χ3v) is 4.64. The molecule has 2 atom stereocenters. The summed E-state index contributed by atoms with van der Waals surface area (Å²) < 4.78 is 42.6. The highest BCUT2D eigenvalue weighted by molar-refractivity contribution is 5.73. The Bertz CT molecular complexity index is 395. The lowest BCUT2D eigenvalue weighted by Gasteiger charge is -2.29. The van der Waals surface area contributed by atoms with Crippen LogP contribution in [0.25, 0.3) is 0 Å². The summed E-state index contributed by atoms with van der Waals surface area (Å²) in [5.74, 6) is -0.416. The second kappa shape index (κ2) is 20.1. The Balaban J connectivity index is 2.06. The third-order valence-electron chi connectivity index (χ3n) is 4.64. The van der Waals surface area contributed by atoms with E-state index < -0.39 is 0 Å². The molecule has 1 aliphatic rings. The third kappa shape index (κ3) is 14.2. The lowest BCUT2D eigenvalue weighted by molar-refractivity contribution is -0.159. The number of esters is 1. The average molecular weight is 437 g/mol. The van der Waals surface area contributed by atoms with E-state index in [0.717, 1.165) is 25.7 Å². The summed E-state index contributed by atoms with van der Waals surface area (Å²) in [6.07, 6.45) is 3.64. The number of carbonyl (C=O) groups is 1. The summed E-state index contributed by atoms with van der Waals surface area (Å²) in [6, 6.07) is 0. The van der Waals surface area contributed by atoms with Gasteiger partial charge in [0.1, 0.15) is 6.61 Å². The topological polar surface area (TPSA) is 90.9 Å². The maximum atomic E-state index is 12.4. The van der Waals surface area contributed by atoms with Gasteiger partial charge in [-0.3, -0.25) is 4.79 Å². The van der Waals surface area contributed by atoms with E-state index in [-0.39, 0.29) is 24.6 Å². The smallest absolute Gasteiger partial charge is 0.311 e. The lowest BCUT2D eigenvalue weighted by Crippen LogP contribution is -2.36. The molecule has 0 N–H and O–H groups in total. The number of ether oxygens (including phenoxy) is 8. The van der Waals surface area contributed by atoms with Gasteiger partial charge < -0.3 is 37.9 Å². The molecule has 0 radical (unpaired) electrons. The molecule has 0 heterocycles. The molecular formula is C21H40O9. The van der Waals surface area contributed by atoms with Crippen LogP contribution < -0.4 is 0 Å². The van der Waals surface area contributed by atoms with Crippen molar-refractivity contribution in [2.75, 3.05) is 93.5 Å². The fourth-order valence-electron chi connectivity index (χ4n) is 3.06. The highest BCUT2D eigenvalue weighted by Crippen LogP contribution is 2.28. The van der Waals surface area contributed by atoms with Crippen LogP contribution in [0, 0.1) is 5.92 Å². The van der Waals surface area contributed by atoms with Gasteiger partial charge in [-0.15, -0.1) is 0 Å². The van der Waals surface area contributed by atoms with Gasteiger partial charge in [-0.2, -0.15) is 0 Å². The van der Waals surface area contributed by atoms with Gasteiger partial charge in [0.2, 0.25) is 0 Å². The van der Waals surface area contributed by atoms with Crippen molar-refractivity contribution in [3.8, 4) is 0 Å². The van der Waals surface area contributed by atoms with Crippen molar-refractivity contribution in [1.82, 2.24) is 0 Å². The van der Waals surface area contributed by atoms with Crippen LogP contribution in [0.3, 0.4) is 0 Å². The zero-order valence-electron chi connectivity index (χ0n) is 18.6. The molecule has 0 saturated heterocycles.